The van der Waals surface area contributed by atoms with E-state index in [2.05, 4.69) is 19.2 Å². The van der Waals surface area contributed by atoms with E-state index in [9.17, 15) is 4.79 Å². The number of ether oxygens (including phenoxy) is 1. The molecule has 1 atom stereocenters. The van der Waals surface area contributed by atoms with Crippen LogP contribution in [0, 0.1) is 0 Å². The normalized spacial score (nSPS) is 27.1. The average Bonchev–Trinajstić information content (AvgIpc) is 2.30. The second-order valence-electron chi connectivity index (χ2n) is 3.28. The highest BCUT2D eigenvalue weighted by Crippen LogP contribution is 2.33. The molecule has 1 aliphatic rings. The number of esters is 1. The molecule has 0 bridgehead atoms. The van der Waals surface area contributed by atoms with Crippen LogP contribution in [0.5, 0.6) is 0 Å². The summed E-state index contributed by atoms with van der Waals surface area (Å²) in [6, 6.07) is -0.151. The van der Waals surface area contributed by atoms with E-state index in [1.54, 1.807) is 11.8 Å². The number of hydrogen-bond acceptors (Lipinski definition) is 4. The Morgan fingerprint density at radius 2 is 2.42 bits per heavy atom. The number of thioether (sulfide) groups is 1. The summed E-state index contributed by atoms with van der Waals surface area (Å²) in [4.78, 5) is 11.4. The fourth-order valence-electron chi connectivity index (χ4n) is 1.23. The zero-order valence-corrected chi connectivity index (χ0v) is 8.53. The van der Waals surface area contributed by atoms with E-state index in [-0.39, 0.29) is 16.8 Å². The molecule has 3 nitrogen and oxygen atoms in total. The molecule has 0 saturated carbocycles. The van der Waals surface area contributed by atoms with Gasteiger partial charge in [-0.3, -0.25) is 10.1 Å². The van der Waals surface area contributed by atoms with Gasteiger partial charge in [-0.1, -0.05) is 0 Å². The van der Waals surface area contributed by atoms with Crippen molar-refractivity contribution < 1.29 is 9.53 Å². The van der Waals surface area contributed by atoms with Crippen molar-refractivity contribution in [1.82, 2.24) is 5.32 Å². The maximum absolute atomic E-state index is 11.4. The maximum Gasteiger partial charge on any atom is 0.324 e. The van der Waals surface area contributed by atoms with Gasteiger partial charge in [0.15, 0.2) is 0 Å². The van der Waals surface area contributed by atoms with E-state index >= 15 is 0 Å². The first-order valence-corrected chi connectivity index (χ1v) is 5.10. The van der Waals surface area contributed by atoms with Crippen molar-refractivity contribution in [2.45, 2.75) is 31.6 Å². The van der Waals surface area contributed by atoms with Gasteiger partial charge in [0.2, 0.25) is 0 Å². The lowest BCUT2D eigenvalue weighted by atomic mass is 10.0. The van der Waals surface area contributed by atoms with Crippen LogP contribution in [0.1, 0.15) is 20.8 Å². The molecular formula is C8H15NO2S. The summed E-state index contributed by atoms with van der Waals surface area (Å²) in [5.74, 6) is 0.698. The van der Waals surface area contributed by atoms with E-state index < -0.39 is 0 Å². The molecule has 1 fully saturated rings. The number of rotatable bonds is 2. The molecule has 0 spiro atoms. The summed E-state index contributed by atoms with van der Waals surface area (Å²) < 4.78 is 4.91. The summed E-state index contributed by atoms with van der Waals surface area (Å²) in [6.45, 7) is 6.39. The van der Waals surface area contributed by atoms with Gasteiger partial charge in [-0.15, -0.1) is 11.8 Å². The van der Waals surface area contributed by atoms with Gasteiger partial charge in [-0.05, 0) is 20.8 Å². The van der Waals surface area contributed by atoms with Crippen molar-refractivity contribution in [3.05, 3.63) is 0 Å². The molecular weight excluding hydrogens is 174 g/mol. The van der Waals surface area contributed by atoms with Crippen molar-refractivity contribution in [2.24, 2.45) is 0 Å². The second kappa shape index (κ2) is 3.66. The van der Waals surface area contributed by atoms with Crippen LogP contribution in [0.25, 0.3) is 0 Å². The van der Waals surface area contributed by atoms with E-state index in [0.717, 1.165) is 5.88 Å². The van der Waals surface area contributed by atoms with Crippen LogP contribution in [0.3, 0.4) is 0 Å². The topological polar surface area (TPSA) is 38.3 Å². The van der Waals surface area contributed by atoms with Gasteiger partial charge in [0.25, 0.3) is 0 Å². The molecule has 1 aliphatic heterocycles. The van der Waals surface area contributed by atoms with Crippen LogP contribution in [-0.2, 0) is 9.53 Å². The van der Waals surface area contributed by atoms with Gasteiger partial charge in [0.05, 0.1) is 6.61 Å². The predicted octanol–water partition coefficient (Wildman–Crippen LogP) is 0.991. The second-order valence-corrected chi connectivity index (χ2v) is 4.91. The largest absolute Gasteiger partial charge is 0.465 e. The lowest BCUT2D eigenvalue weighted by Gasteiger charge is -2.23. The van der Waals surface area contributed by atoms with Gasteiger partial charge >= 0.3 is 5.97 Å². The summed E-state index contributed by atoms with van der Waals surface area (Å²) in [7, 11) is 0. The molecule has 4 heteroatoms. The lowest BCUT2D eigenvalue weighted by molar-refractivity contribution is -0.145. The highest BCUT2D eigenvalue weighted by Gasteiger charge is 2.40. The molecule has 0 aromatic heterocycles. The Kier molecular flexibility index (Phi) is 3.01. The van der Waals surface area contributed by atoms with E-state index in [1.165, 1.54) is 0 Å². The van der Waals surface area contributed by atoms with Crippen LogP contribution in [0.15, 0.2) is 0 Å². The first kappa shape index (κ1) is 9.86. The molecule has 0 unspecified atom stereocenters. The molecule has 12 heavy (non-hydrogen) atoms. The predicted molar refractivity (Wildman–Crippen MR) is 50.1 cm³/mol. The first-order chi connectivity index (χ1) is 5.58. The Labute approximate surface area is 77.2 Å². The fourth-order valence-corrected chi connectivity index (χ4v) is 2.20. The third-order valence-corrected chi connectivity index (χ3v) is 3.24. The molecule has 0 amide bonds. The molecule has 1 saturated heterocycles. The zero-order chi connectivity index (χ0) is 9.19. The van der Waals surface area contributed by atoms with Gasteiger partial charge in [-0.2, -0.15) is 0 Å². The number of carbonyl (C=O) groups excluding carboxylic acids is 1. The highest BCUT2D eigenvalue weighted by molar-refractivity contribution is 8.00. The number of nitrogens with one attached hydrogen (secondary N) is 1. The van der Waals surface area contributed by atoms with E-state index in [0.29, 0.717) is 6.61 Å². The summed E-state index contributed by atoms with van der Waals surface area (Å²) in [5, 5.41) is 3.12. The Hall–Kier alpha value is -0.220. The summed E-state index contributed by atoms with van der Waals surface area (Å²) in [6.07, 6.45) is 0. The number of carbonyl (C=O) groups is 1. The molecule has 1 heterocycles. The number of hydrogen-bond donors (Lipinski definition) is 1. The Balaban J connectivity index is 2.56. The van der Waals surface area contributed by atoms with Crippen molar-refractivity contribution in [1.29, 1.82) is 0 Å². The van der Waals surface area contributed by atoms with Crippen LogP contribution in [0.2, 0.25) is 0 Å². The van der Waals surface area contributed by atoms with Crippen LogP contribution >= 0.6 is 11.8 Å². The molecule has 0 radical (unpaired) electrons. The minimum absolute atomic E-state index is 0.0355. The fraction of sp³-hybridized carbons (Fsp3) is 0.875. The third-order valence-electron chi connectivity index (χ3n) is 1.95. The molecule has 1 N–H and O–H groups in total. The summed E-state index contributed by atoms with van der Waals surface area (Å²) in [5.41, 5.74) is 0. The third kappa shape index (κ3) is 1.93. The minimum atomic E-state index is -0.151. The van der Waals surface area contributed by atoms with Gasteiger partial charge in [0.1, 0.15) is 6.04 Å². The van der Waals surface area contributed by atoms with Crippen LogP contribution in [0.4, 0.5) is 0 Å². The molecule has 0 aromatic carbocycles. The quantitative estimate of drug-likeness (QED) is 0.657. The molecule has 0 aromatic rings. The Bertz CT molecular complexity index is 182. The van der Waals surface area contributed by atoms with Crippen LogP contribution in [-0.4, -0.2) is 29.2 Å². The molecule has 0 aliphatic carbocycles. The smallest absolute Gasteiger partial charge is 0.324 e. The zero-order valence-electron chi connectivity index (χ0n) is 7.72. The maximum atomic E-state index is 11.4. The van der Waals surface area contributed by atoms with Crippen molar-refractivity contribution in [3.8, 4) is 0 Å². The average molecular weight is 189 g/mol. The standard InChI is InChI=1S/C8H15NO2S/c1-4-11-7(10)6-8(2,3)12-5-9-6/h6,9H,4-5H2,1-3H3/t6-/m1/s1. The van der Waals surface area contributed by atoms with Gasteiger partial charge in [-0.25, -0.2) is 0 Å². The monoisotopic (exact) mass is 189 g/mol. The molecule has 1 rings (SSSR count). The van der Waals surface area contributed by atoms with Crippen molar-refractivity contribution >= 4 is 17.7 Å². The van der Waals surface area contributed by atoms with Crippen molar-refractivity contribution in [2.75, 3.05) is 12.5 Å². The Morgan fingerprint density at radius 1 is 1.75 bits per heavy atom. The SMILES string of the molecule is CCOC(=O)[C@H]1NCSC1(C)C. The highest BCUT2D eigenvalue weighted by atomic mass is 32.2. The lowest BCUT2D eigenvalue weighted by Crippen LogP contribution is -2.44. The van der Waals surface area contributed by atoms with Crippen molar-refractivity contribution in [3.63, 3.8) is 0 Å². The molecule has 70 valence electrons. The minimum Gasteiger partial charge on any atom is -0.465 e. The van der Waals surface area contributed by atoms with Gasteiger partial charge in [0, 0.05) is 10.6 Å². The van der Waals surface area contributed by atoms with E-state index in [4.69, 9.17) is 4.74 Å². The van der Waals surface area contributed by atoms with Crippen LogP contribution < -0.4 is 5.32 Å². The summed E-state index contributed by atoms with van der Waals surface area (Å²) >= 11 is 1.75. The van der Waals surface area contributed by atoms with Gasteiger partial charge < -0.3 is 4.74 Å². The van der Waals surface area contributed by atoms with E-state index in [1.807, 2.05) is 6.92 Å². The first-order valence-electron chi connectivity index (χ1n) is 4.12. The Morgan fingerprint density at radius 3 is 2.83 bits per heavy atom.